The van der Waals surface area contributed by atoms with Crippen LogP contribution in [0.3, 0.4) is 0 Å². The molecule has 17 heavy (non-hydrogen) atoms. The van der Waals surface area contributed by atoms with Gasteiger partial charge < -0.3 is 5.32 Å². The van der Waals surface area contributed by atoms with Crippen LogP contribution in [0.5, 0.6) is 0 Å². The minimum Gasteiger partial charge on any atom is -0.317 e. The Morgan fingerprint density at radius 3 is 2.29 bits per heavy atom. The maximum absolute atomic E-state index is 11.7. The molecule has 0 amide bonds. The van der Waals surface area contributed by atoms with Crippen molar-refractivity contribution < 1.29 is 8.42 Å². The highest BCUT2D eigenvalue weighted by Crippen LogP contribution is 2.40. The largest absolute Gasteiger partial charge is 0.317 e. The highest BCUT2D eigenvalue weighted by Gasteiger charge is 2.36. The van der Waals surface area contributed by atoms with E-state index in [0.717, 1.165) is 25.2 Å². The molecular weight excluding hydrogens is 234 g/mol. The van der Waals surface area contributed by atoms with E-state index < -0.39 is 9.84 Å². The van der Waals surface area contributed by atoms with Crippen molar-refractivity contribution in [1.82, 2.24) is 5.32 Å². The van der Waals surface area contributed by atoms with Gasteiger partial charge in [-0.05, 0) is 51.0 Å². The molecule has 2 aliphatic carbocycles. The minimum absolute atomic E-state index is 0.0603. The summed E-state index contributed by atoms with van der Waals surface area (Å²) in [5, 5.41) is 3.30. The van der Waals surface area contributed by atoms with Crippen molar-refractivity contribution in [3.8, 4) is 0 Å². The molecule has 0 saturated heterocycles. The third-order valence-electron chi connectivity index (χ3n) is 4.82. The molecule has 2 fully saturated rings. The van der Waals surface area contributed by atoms with Gasteiger partial charge in [0.2, 0.25) is 0 Å². The fourth-order valence-electron chi connectivity index (χ4n) is 3.70. The van der Waals surface area contributed by atoms with Crippen molar-refractivity contribution in [2.24, 2.45) is 11.8 Å². The maximum Gasteiger partial charge on any atom is 0.150 e. The molecule has 0 aromatic heterocycles. The van der Waals surface area contributed by atoms with Gasteiger partial charge in [0, 0.05) is 12.3 Å². The van der Waals surface area contributed by atoms with Crippen molar-refractivity contribution in [3.63, 3.8) is 0 Å². The van der Waals surface area contributed by atoms with Crippen molar-refractivity contribution in [1.29, 1.82) is 0 Å². The van der Waals surface area contributed by atoms with E-state index in [1.807, 2.05) is 7.05 Å². The van der Waals surface area contributed by atoms with Gasteiger partial charge >= 0.3 is 0 Å². The van der Waals surface area contributed by atoms with Gasteiger partial charge in [-0.3, -0.25) is 0 Å². The highest BCUT2D eigenvalue weighted by molar-refractivity contribution is 7.91. The highest BCUT2D eigenvalue weighted by atomic mass is 32.2. The number of rotatable bonds is 3. The van der Waals surface area contributed by atoms with E-state index in [-0.39, 0.29) is 5.25 Å². The average Bonchev–Trinajstić information content (AvgIpc) is 2.76. The number of sulfone groups is 1. The number of nitrogens with one attached hydrogen (secondary N) is 1. The summed E-state index contributed by atoms with van der Waals surface area (Å²) < 4.78 is 23.3. The molecule has 3 nitrogen and oxygen atoms in total. The van der Waals surface area contributed by atoms with Crippen LogP contribution < -0.4 is 5.32 Å². The molecule has 4 atom stereocenters. The van der Waals surface area contributed by atoms with Gasteiger partial charge in [0.15, 0.2) is 0 Å². The summed E-state index contributed by atoms with van der Waals surface area (Å²) in [6, 6.07) is 0.665. The first kappa shape index (κ1) is 13.3. The average molecular weight is 259 g/mol. The Morgan fingerprint density at radius 1 is 1.00 bits per heavy atom. The summed E-state index contributed by atoms with van der Waals surface area (Å²) in [6.07, 6.45) is 9.35. The lowest BCUT2D eigenvalue weighted by molar-refractivity contribution is 0.250. The fourth-order valence-corrected chi connectivity index (χ4v) is 4.90. The summed E-state index contributed by atoms with van der Waals surface area (Å²) in [6.45, 7) is 0. The third kappa shape index (κ3) is 3.22. The van der Waals surface area contributed by atoms with Gasteiger partial charge in [-0.1, -0.05) is 12.8 Å². The van der Waals surface area contributed by atoms with Gasteiger partial charge in [0.1, 0.15) is 9.84 Å². The van der Waals surface area contributed by atoms with E-state index in [1.54, 1.807) is 0 Å². The zero-order valence-electron chi connectivity index (χ0n) is 11.0. The molecule has 100 valence electrons. The first-order valence-electron chi connectivity index (χ1n) is 6.87. The molecule has 2 aliphatic rings. The molecule has 1 N–H and O–H groups in total. The van der Waals surface area contributed by atoms with Gasteiger partial charge in [-0.2, -0.15) is 0 Å². The molecular formula is C13H25NO2S. The minimum atomic E-state index is -2.82. The summed E-state index contributed by atoms with van der Waals surface area (Å²) in [5.41, 5.74) is 0. The molecule has 0 radical (unpaired) electrons. The van der Waals surface area contributed by atoms with Crippen molar-refractivity contribution in [2.45, 2.75) is 56.2 Å². The van der Waals surface area contributed by atoms with Crippen LogP contribution in [0.15, 0.2) is 0 Å². The Bertz CT molecular complexity index is 352. The van der Waals surface area contributed by atoms with Gasteiger partial charge in [-0.25, -0.2) is 8.42 Å². The summed E-state index contributed by atoms with van der Waals surface area (Å²) >= 11 is 0. The maximum atomic E-state index is 11.7. The molecule has 4 unspecified atom stereocenters. The van der Waals surface area contributed by atoms with E-state index in [0.29, 0.717) is 12.0 Å². The van der Waals surface area contributed by atoms with Crippen molar-refractivity contribution in [3.05, 3.63) is 0 Å². The van der Waals surface area contributed by atoms with E-state index in [1.165, 1.54) is 31.9 Å². The van der Waals surface area contributed by atoms with Crippen LogP contribution in [0.2, 0.25) is 0 Å². The lowest BCUT2D eigenvalue weighted by atomic mass is 9.79. The second kappa shape index (κ2) is 5.27. The Balaban J connectivity index is 1.94. The fraction of sp³-hybridized carbons (Fsp3) is 1.00. The Morgan fingerprint density at radius 2 is 1.71 bits per heavy atom. The predicted octanol–water partition coefficient (Wildman–Crippen LogP) is 1.98. The van der Waals surface area contributed by atoms with E-state index in [9.17, 15) is 8.42 Å². The zero-order chi connectivity index (χ0) is 12.5. The Labute approximate surface area is 105 Å². The third-order valence-corrected chi connectivity index (χ3v) is 6.46. The monoisotopic (exact) mass is 259 g/mol. The molecule has 2 rings (SSSR count). The molecule has 0 aliphatic heterocycles. The van der Waals surface area contributed by atoms with Crippen LogP contribution >= 0.6 is 0 Å². The van der Waals surface area contributed by atoms with Gasteiger partial charge in [-0.15, -0.1) is 0 Å². The van der Waals surface area contributed by atoms with Crippen LogP contribution in [0, 0.1) is 11.8 Å². The molecule has 2 saturated carbocycles. The predicted molar refractivity (Wildman–Crippen MR) is 70.8 cm³/mol. The van der Waals surface area contributed by atoms with Crippen LogP contribution in [0.25, 0.3) is 0 Å². The summed E-state index contributed by atoms with van der Waals surface area (Å²) in [4.78, 5) is 0. The second-order valence-electron chi connectivity index (χ2n) is 5.94. The van der Waals surface area contributed by atoms with Crippen molar-refractivity contribution >= 4 is 9.84 Å². The standard InChI is InChI=1S/C13H25NO2S/c1-14-12-7-6-11(8-12)10-4-3-5-13(9-10)17(2,15)16/h10-14H,3-9H2,1-2H3. The van der Waals surface area contributed by atoms with Gasteiger partial charge in [0.05, 0.1) is 5.25 Å². The van der Waals surface area contributed by atoms with E-state index in [2.05, 4.69) is 5.32 Å². The molecule has 0 aromatic carbocycles. The van der Waals surface area contributed by atoms with Crippen molar-refractivity contribution in [2.75, 3.05) is 13.3 Å². The second-order valence-corrected chi connectivity index (χ2v) is 8.26. The van der Waals surface area contributed by atoms with Gasteiger partial charge in [0.25, 0.3) is 0 Å². The topological polar surface area (TPSA) is 46.2 Å². The lowest BCUT2D eigenvalue weighted by Gasteiger charge is -2.32. The molecule has 0 spiro atoms. The first-order chi connectivity index (χ1) is 8.00. The molecule has 0 heterocycles. The van der Waals surface area contributed by atoms with Crippen LogP contribution in [0.4, 0.5) is 0 Å². The summed E-state index contributed by atoms with van der Waals surface area (Å²) in [5.74, 6) is 1.42. The molecule has 0 bridgehead atoms. The Hall–Kier alpha value is -0.0900. The molecule has 4 heteroatoms. The zero-order valence-corrected chi connectivity index (χ0v) is 11.8. The van der Waals surface area contributed by atoms with Crippen LogP contribution in [-0.4, -0.2) is 33.0 Å². The number of hydrogen-bond acceptors (Lipinski definition) is 3. The smallest absolute Gasteiger partial charge is 0.150 e. The normalized spacial score (nSPS) is 39.4. The van der Waals surface area contributed by atoms with Crippen LogP contribution in [-0.2, 0) is 9.84 Å². The number of hydrogen-bond donors (Lipinski definition) is 1. The SMILES string of the molecule is CNC1CCC(C2CCCC(S(C)(=O)=O)C2)C1. The van der Waals surface area contributed by atoms with E-state index >= 15 is 0 Å². The quantitative estimate of drug-likeness (QED) is 0.843. The first-order valence-corrected chi connectivity index (χ1v) is 8.82. The Kier molecular flexibility index (Phi) is 4.14. The summed E-state index contributed by atoms with van der Waals surface area (Å²) in [7, 11) is -0.788. The lowest BCUT2D eigenvalue weighted by Crippen LogP contribution is -2.31. The van der Waals surface area contributed by atoms with Crippen LogP contribution in [0.1, 0.15) is 44.9 Å². The van der Waals surface area contributed by atoms with E-state index in [4.69, 9.17) is 0 Å². The molecule has 0 aromatic rings.